The predicted molar refractivity (Wildman–Crippen MR) is 70.4 cm³/mol. The summed E-state index contributed by atoms with van der Waals surface area (Å²) in [6, 6.07) is 3.35. The molecule has 17 heavy (non-hydrogen) atoms. The number of ether oxygens (including phenoxy) is 1. The predicted octanol–water partition coefficient (Wildman–Crippen LogP) is 3.41. The van der Waals surface area contributed by atoms with Crippen LogP contribution in [0, 0.1) is 0 Å². The van der Waals surface area contributed by atoms with Gasteiger partial charge in [0.25, 0.3) is 0 Å². The third kappa shape index (κ3) is 2.94. The van der Waals surface area contributed by atoms with E-state index in [2.05, 4.69) is 0 Å². The lowest BCUT2D eigenvalue weighted by Crippen LogP contribution is -2.15. The minimum atomic E-state index is -0.909. The lowest BCUT2D eigenvalue weighted by atomic mass is 9.85. The molecule has 1 aromatic rings. The molecule has 0 fully saturated rings. The molecule has 0 aliphatic rings. The molecular formula is C13H18O3S. The average molecular weight is 254 g/mol. The first kappa shape index (κ1) is 13.9. The molecule has 94 valence electrons. The van der Waals surface area contributed by atoms with Gasteiger partial charge in [0, 0.05) is 5.56 Å². The number of hydrogen-bond donors (Lipinski definition) is 1. The number of carboxylic acids is 1. The first-order valence-electron chi connectivity index (χ1n) is 5.31. The van der Waals surface area contributed by atoms with E-state index in [1.54, 1.807) is 19.2 Å². The van der Waals surface area contributed by atoms with Gasteiger partial charge in [-0.2, -0.15) is 0 Å². The van der Waals surface area contributed by atoms with Crippen LogP contribution in [0.15, 0.2) is 17.0 Å². The monoisotopic (exact) mass is 254 g/mol. The zero-order valence-corrected chi connectivity index (χ0v) is 11.6. The minimum absolute atomic E-state index is 0.152. The third-order valence-electron chi connectivity index (χ3n) is 2.53. The maximum Gasteiger partial charge on any atom is 0.335 e. The lowest BCUT2D eigenvalue weighted by molar-refractivity contribution is 0.0696. The van der Waals surface area contributed by atoms with E-state index in [1.165, 1.54) is 11.8 Å². The number of rotatable bonds is 3. The van der Waals surface area contributed by atoms with Crippen molar-refractivity contribution in [3.8, 4) is 5.75 Å². The van der Waals surface area contributed by atoms with Crippen LogP contribution in [-0.2, 0) is 5.41 Å². The van der Waals surface area contributed by atoms with Crippen LogP contribution in [-0.4, -0.2) is 24.4 Å². The van der Waals surface area contributed by atoms with Crippen molar-refractivity contribution in [1.29, 1.82) is 0 Å². The van der Waals surface area contributed by atoms with E-state index in [1.807, 2.05) is 27.0 Å². The van der Waals surface area contributed by atoms with Gasteiger partial charge < -0.3 is 9.84 Å². The van der Waals surface area contributed by atoms with Gasteiger partial charge in [-0.15, -0.1) is 11.8 Å². The van der Waals surface area contributed by atoms with E-state index in [4.69, 9.17) is 9.84 Å². The van der Waals surface area contributed by atoms with E-state index in [0.717, 1.165) is 16.2 Å². The number of hydrogen-bond acceptors (Lipinski definition) is 3. The van der Waals surface area contributed by atoms with Gasteiger partial charge in [0.1, 0.15) is 5.75 Å². The van der Waals surface area contributed by atoms with Crippen molar-refractivity contribution in [2.75, 3.05) is 13.4 Å². The molecule has 0 saturated carbocycles. The fraction of sp³-hybridized carbons (Fsp3) is 0.462. The summed E-state index contributed by atoms with van der Waals surface area (Å²) >= 11 is 1.49. The molecule has 0 radical (unpaired) electrons. The standard InChI is InChI=1S/C13H18O3S/c1-13(2,3)9-6-8(12(14)15)7-10(17-5)11(9)16-4/h6-7H,1-5H3,(H,14,15). The summed E-state index contributed by atoms with van der Waals surface area (Å²) in [4.78, 5) is 12.0. The second-order valence-electron chi connectivity index (χ2n) is 4.81. The van der Waals surface area contributed by atoms with Crippen molar-refractivity contribution in [2.45, 2.75) is 31.1 Å². The van der Waals surface area contributed by atoms with Crippen LogP contribution in [0.25, 0.3) is 0 Å². The van der Waals surface area contributed by atoms with Crippen LogP contribution in [0.2, 0.25) is 0 Å². The largest absolute Gasteiger partial charge is 0.495 e. The fourth-order valence-electron chi connectivity index (χ4n) is 1.64. The molecule has 0 aliphatic heterocycles. The smallest absolute Gasteiger partial charge is 0.335 e. The summed E-state index contributed by atoms with van der Waals surface area (Å²) in [5.74, 6) is -0.136. The average Bonchev–Trinajstić information content (AvgIpc) is 2.25. The van der Waals surface area contributed by atoms with Crippen LogP contribution in [0.4, 0.5) is 0 Å². The highest BCUT2D eigenvalue weighted by molar-refractivity contribution is 7.98. The molecule has 3 nitrogen and oxygen atoms in total. The molecular weight excluding hydrogens is 236 g/mol. The van der Waals surface area contributed by atoms with Crippen LogP contribution in [0.1, 0.15) is 36.7 Å². The molecule has 0 spiro atoms. The first-order valence-corrected chi connectivity index (χ1v) is 6.53. The zero-order chi connectivity index (χ0) is 13.2. The Morgan fingerprint density at radius 3 is 2.29 bits per heavy atom. The van der Waals surface area contributed by atoms with Crippen LogP contribution < -0.4 is 4.74 Å². The normalized spacial score (nSPS) is 11.4. The summed E-state index contributed by atoms with van der Waals surface area (Å²) in [6.45, 7) is 6.13. The van der Waals surface area contributed by atoms with Crippen molar-refractivity contribution in [1.82, 2.24) is 0 Å². The van der Waals surface area contributed by atoms with Crippen LogP contribution in [0.5, 0.6) is 5.75 Å². The van der Waals surface area contributed by atoms with Gasteiger partial charge in [-0.05, 0) is 23.8 Å². The maximum absolute atomic E-state index is 11.1. The maximum atomic E-state index is 11.1. The zero-order valence-electron chi connectivity index (χ0n) is 10.8. The van der Waals surface area contributed by atoms with Gasteiger partial charge >= 0.3 is 5.97 Å². The number of methoxy groups -OCH3 is 1. The van der Waals surface area contributed by atoms with Gasteiger partial charge in [0.05, 0.1) is 17.6 Å². The van der Waals surface area contributed by atoms with Gasteiger partial charge in [0.2, 0.25) is 0 Å². The van der Waals surface area contributed by atoms with Crippen LogP contribution in [0.3, 0.4) is 0 Å². The molecule has 1 aromatic carbocycles. The van der Waals surface area contributed by atoms with E-state index < -0.39 is 5.97 Å². The van der Waals surface area contributed by atoms with Gasteiger partial charge in [-0.25, -0.2) is 4.79 Å². The van der Waals surface area contributed by atoms with E-state index in [9.17, 15) is 4.79 Å². The summed E-state index contributed by atoms with van der Waals surface area (Å²) in [5.41, 5.74) is 1.07. The minimum Gasteiger partial charge on any atom is -0.495 e. The second-order valence-corrected chi connectivity index (χ2v) is 5.66. The Balaban J connectivity index is 3.54. The Morgan fingerprint density at radius 2 is 1.94 bits per heavy atom. The fourth-order valence-corrected chi connectivity index (χ4v) is 2.27. The molecule has 1 rings (SSSR count). The second kappa shape index (κ2) is 5.00. The number of carbonyl (C=O) groups is 1. The molecule has 0 saturated heterocycles. The highest BCUT2D eigenvalue weighted by Gasteiger charge is 2.23. The SMILES string of the molecule is COc1c(SC)cc(C(=O)O)cc1C(C)(C)C. The number of carboxylic acid groups (broad SMARTS) is 1. The van der Waals surface area contributed by atoms with Crippen molar-refractivity contribution in [3.05, 3.63) is 23.3 Å². The molecule has 0 unspecified atom stereocenters. The van der Waals surface area contributed by atoms with Crippen molar-refractivity contribution >= 4 is 17.7 Å². The molecule has 0 aliphatic carbocycles. The van der Waals surface area contributed by atoms with Crippen molar-refractivity contribution in [3.63, 3.8) is 0 Å². The lowest BCUT2D eigenvalue weighted by Gasteiger charge is -2.24. The van der Waals surface area contributed by atoms with Gasteiger partial charge in [0.15, 0.2) is 0 Å². The molecule has 0 aromatic heterocycles. The van der Waals surface area contributed by atoms with Gasteiger partial charge in [-0.1, -0.05) is 20.8 Å². The Kier molecular flexibility index (Phi) is 4.09. The summed E-state index contributed by atoms with van der Waals surface area (Å²) < 4.78 is 5.41. The van der Waals surface area contributed by atoms with Gasteiger partial charge in [-0.3, -0.25) is 0 Å². The Hall–Kier alpha value is -1.16. The highest BCUT2D eigenvalue weighted by atomic mass is 32.2. The number of thioether (sulfide) groups is 1. The Morgan fingerprint density at radius 1 is 1.35 bits per heavy atom. The summed E-state index contributed by atoms with van der Waals surface area (Å²) in [6.07, 6.45) is 1.91. The molecule has 0 atom stereocenters. The Labute approximate surface area is 106 Å². The topological polar surface area (TPSA) is 46.5 Å². The molecule has 4 heteroatoms. The summed E-state index contributed by atoms with van der Waals surface area (Å²) in [7, 11) is 1.62. The van der Waals surface area contributed by atoms with Crippen molar-refractivity contribution in [2.24, 2.45) is 0 Å². The molecule has 0 amide bonds. The van der Waals surface area contributed by atoms with E-state index >= 15 is 0 Å². The third-order valence-corrected chi connectivity index (χ3v) is 3.28. The Bertz CT molecular complexity index is 433. The van der Waals surface area contributed by atoms with Crippen molar-refractivity contribution < 1.29 is 14.6 Å². The number of aromatic carboxylic acids is 1. The quantitative estimate of drug-likeness (QED) is 0.840. The highest BCUT2D eigenvalue weighted by Crippen LogP contribution is 2.39. The number of benzene rings is 1. The van der Waals surface area contributed by atoms with E-state index in [0.29, 0.717) is 5.56 Å². The molecule has 0 heterocycles. The first-order chi connectivity index (χ1) is 7.81. The van der Waals surface area contributed by atoms with Crippen LogP contribution >= 0.6 is 11.8 Å². The van der Waals surface area contributed by atoms with E-state index in [-0.39, 0.29) is 5.41 Å². The molecule has 1 N–H and O–H groups in total. The molecule has 0 bridgehead atoms. The summed E-state index contributed by atoms with van der Waals surface area (Å²) in [5, 5.41) is 9.11.